The monoisotopic (exact) mass is 212 g/mol. The van der Waals surface area contributed by atoms with Gasteiger partial charge in [0.05, 0.1) is 9.77 Å². The highest BCUT2D eigenvalue weighted by Gasteiger charge is 2.32. The molecular weight excluding hydrogens is 204 g/mol. The third-order valence-electron chi connectivity index (χ3n) is 2.11. The maximum atomic E-state index is 11.7. The fourth-order valence-corrected chi connectivity index (χ4v) is 2.41. The van der Waals surface area contributed by atoms with Crippen LogP contribution in [0, 0.1) is 0 Å². The van der Waals surface area contributed by atoms with Gasteiger partial charge < -0.3 is 4.90 Å². The number of carbonyl (C=O) groups excluding carboxylic acids is 1. The Morgan fingerprint density at radius 2 is 2.38 bits per heavy atom. The predicted molar refractivity (Wildman–Crippen MR) is 57.9 cm³/mol. The van der Waals surface area contributed by atoms with E-state index in [1.807, 2.05) is 6.92 Å². The summed E-state index contributed by atoms with van der Waals surface area (Å²) in [5.74, 6) is 0.0184. The van der Waals surface area contributed by atoms with E-state index in [1.54, 1.807) is 18.0 Å². The summed E-state index contributed by atoms with van der Waals surface area (Å²) in [6.07, 6.45) is 1.65. The highest BCUT2D eigenvalue weighted by molar-refractivity contribution is 8.34. The van der Waals surface area contributed by atoms with Crippen LogP contribution in [0.1, 0.15) is 6.92 Å². The summed E-state index contributed by atoms with van der Waals surface area (Å²) in [6.45, 7) is 1.89. The second-order valence-electron chi connectivity index (χ2n) is 2.96. The van der Waals surface area contributed by atoms with Gasteiger partial charge in [-0.1, -0.05) is 24.0 Å². The lowest BCUT2D eigenvalue weighted by atomic mass is 10.2. The van der Waals surface area contributed by atoms with Crippen LogP contribution < -0.4 is 0 Å². The lowest BCUT2D eigenvalue weighted by molar-refractivity contribution is -0.127. The summed E-state index contributed by atoms with van der Waals surface area (Å²) in [6, 6.07) is 0. The van der Waals surface area contributed by atoms with Gasteiger partial charge in [-0.15, -0.1) is 0 Å². The molecule has 2 aliphatic heterocycles. The third-order valence-corrected chi connectivity index (χ3v) is 3.31. The number of nitrogens with zero attached hydrogens (tertiary/aromatic N) is 2. The minimum atomic E-state index is -0.0759. The van der Waals surface area contributed by atoms with E-state index in [2.05, 4.69) is 4.99 Å². The molecule has 1 unspecified atom stereocenters. The number of rotatable bonds is 0. The highest BCUT2D eigenvalue weighted by Crippen LogP contribution is 2.29. The first kappa shape index (κ1) is 8.90. The summed E-state index contributed by atoms with van der Waals surface area (Å²) in [7, 11) is 1.75. The normalized spacial score (nSPS) is 27.2. The van der Waals surface area contributed by atoms with Crippen molar-refractivity contribution in [2.45, 2.75) is 13.1 Å². The number of thioether (sulfide) groups is 1. The Hall–Kier alpha value is -0.680. The molecule has 1 atom stereocenters. The van der Waals surface area contributed by atoms with Crippen LogP contribution in [-0.4, -0.2) is 33.3 Å². The van der Waals surface area contributed by atoms with Crippen LogP contribution in [0.4, 0.5) is 0 Å². The van der Waals surface area contributed by atoms with Crippen molar-refractivity contribution in [3.63, 3.8) is 0 Å². The summed E-state index contributed by atoms with van der Waals surface area (Å²) < 4.78 is 0.726. The van der Waals surface area contributed by atoms with Crippen LogP contribution in [0.3, 0.4) is 0 Å². The Bertz CT molecular complexity index is 359. The molecule has 0 aromatic carbocycles. The average Bonchev–Trinajstić information content (AvgIpc) is 2.42. The molecule has 1 amide bonds. The van der Waals surface area contributed by atoms with Gasteiger partial charge in [0.1, 0.15) is 11.2 Å². The molecular formula is C8H8N2OS2. The Morgan fingerprint density at radius 1 is 1.69 bits per heavy atom. The minimum Gasteiger partial charge on any atom is -0.320 e. The number of hydrogen-bond acceptors (Lipinski definition) is 4. The quantitative estimate of drug-likeness (QED) is 0.566. The van der Waals surface area contributed by atoms with E-state index in [9.17, 15) is 4.79 Å². The predicted octanol–water partition coefficient (Wildman–Crippen LogP) is 1.20. The fourth-order valence-electron chi connectivity index (χ4n) is 1.22. The van der Waals surface area contributed by atoms with Gasteiger partial charge >= 0.3 is 0 Å². The van der Waals surface area contributed by atoms with Gasteiger partial charge in [0.15, 0.2) is 0 Å². The number of hydrogen-bond donors (Lipinski definition) is 0. The largest absolute Gasteiger partial charge is 0.320 e. The van der Waals surface area contributed by atoms with Crippen molar-refractivity contribution < 1.29 is 4.79 Å². The number of aliphatic imine (C=N–C) groups is 1. The molecule has 0 spiro atoms. The molecule has 0 saturated heterocycles. The van der Waals surface area contributed by atoms with E-state index >= 15 is 0 Å². The first-order valence-electron chi connectivity index (χ1n) is 3.88. The maximum absolute atomic E-state index is 11.7. The van der Waals surface area contributed by atoms with E-state index in [0.29, 0.717) is 5.57 Å². The third kappa shape index (κ3) is 1.32. The number of amides is 1. The minimum absolute atomic E-state index is 0.0184. The zero-order chi connectivity index (χ0) is 9.59. The van der Waals surface area contributed by atoms with Gasteiger partial charge in [-0.2, -0.15) is 0 Å². The summed E-state index contributed by atoms with van der Waals surface area (Å²) in [5, 5.41) is 0.778. The molecule has 0 aliphatic carbocycles. The first-order chi connectivity index (χ1) is 6.09. The molecule has 5 heteroatoms. The lowest BCUT2D eigenvalue weighted by Gasteiger charge is -2.26. The summed E-state index contributed by atoms with van der Waals surface area (Å²) in [5.41, 5.74) is 0.649. The van der Waals surface area contributed by atoms with E-state index in [4.69, 9.17) is 12.2 Å². The second kappa shape index (κ2) is 2.92. The van der Waals surface area contributed by atoms with Gasteiger partial charge in [-0.05, 0) is 13.0 Å². The van der Waals surface area contributed by atoms with Crippen LogP contribution in [0.25, 0.3) is 0 Å². The molecule has 0 N–H and O–H groups in total. The van der Waals surface area contributed by atoms with Crippen molar-refractivity contribution in [2.24, 2.45) is 4.99 Å². The molecule has 0 aromatic heterocycles. The SMILES string of the molecule is CC1N=C2SC(=S)C=C2C(=O)N1C. The van der Waals surface area contributed by atoms with Gasteiger partial charge in [0.25, 0.3) is 5.91 Å². The van der Waals surface area contributed by atoms with Crippen LogP contribution >= 0.6 is 24.0 Å². The molecule has 2 rings (SSSR count). The average molecular weight is 212 g/mol. The second-order valence-corrected chi connectivity index (χ2v) is 4.69. The molecule has 2 aliphatic rings. The molecule has 0 bridgehead atoms. The van der Waals surface area contributed by atoms with Crippen molar-refractivity contribution in [2.75, 3.05) is 7.05 Å². The first-order valence-corrected chi connectivity index (χ1v) is 5.11. The Balaban J connectivity index is 2.47. The number of carbonyl (C=O) groups is 1. The molecule has 0 radical (unpaired) electrons. The molecule has 0 saturated carbocycles. The van der Waals surface area contributed by atoms with Crippen molar-refractivity contribution in [1.29, 1.82) is 0 Å². The van der Waals surface area contributed by atoms with Gasteiger partial charge in [0, 0.05) is 7.05 Å². The van der Waals surface area contributed by atoms with Crippen LogP contribution in [-0.2, 0) is 4.79 Å². The number of likely N-dealkylation sites (N-methyl/N-ethyl adjacent to an activating group) is 1. The van der Waals surface area contributed by atoms with Crippen molar-refractivity contribution in [1.82, 2.24) is 4.90 Å². The van der Waals surface area contributed by atoms with Crippen LogP contribution in [0.5, 0.6) is 0 Å². The van der Waals surface area contributed by atoms with Crippen LogP contribution in [0.2, 0.25) is 0 Å². The standard InChI is InChI=1S/C8H8N2OS2/c1-4-9-7-5(3-6(12)13-7)8(11)10(4)2/h3-4H,1-2H3. The molecule has 68 valence electrons. The van der Waals surface area contributed by atoms with E-state index < -0.39 is 0 Å². The van der Waals surface area contributed by atoms with E-state index in [-0.39, 0.29) is 12.1 Å². The smallest absolute Gasteiger partial charge is 0.258 e. The zero-order valence-electron chi connectivity index (χ0n) is 7.27. The van der Waals surface area contributed by atoms with E-state index in [0.717, 1.165) is 9.24 Å². The van der Waals surface area contributed by atoms with Crippen LogP contribution in [0.15, 0.2) is 16.6 Å². The molecule has 0 fully saturated rings. The van der Waals surface area contributed by atoms with Crippen molar-refractivity contribution in [3.05, 3.63) is 11.6 Å². The van der Waals surface area contributed by atoms with Crippen molar-refractivity contribution in [3.8, 4) is 0 Å². The Morgan fingerprint density at radius 3 is 3.08 bits per heavy atom. The molecule has 0 aromatic rings. The highest BCUT2D eigenvalue weighted by atomic mass is 32.2. The summed E-state index contributed by atoms with van der Waals surface area (Å²) in [4.78, 5) is 17.6. The Labute approximate surface area is 85.9 Å². The Kier molecular flexibility index (Phi) is 2.00. The molecule has 13 heavy (non-hydrogen) atoms. The topological polar surface area (TPSA) is 32.7 Å². The van der Waals surface area contributed by atoms with Crippen molar-refractivity contribution >= 4 is 39.1 Å². The summed E-state index contributed by atoms with van der Waals surface area (Å²) >= 11 is 6.40. The van der Waals surface area contributed by atoms with Gasteiger partial charge in [-0.3, -0.25) is 9.79 Å². The number of thiocarbonyl (C=S) groups is 1. The molecule has 3 nitrogen and oxygen atoms in total. The number of fused-ring (bicyclic) bond motifs is 1. The van der Waals surface area contributed by atoms with Gasteiger partial charge in [-0.25, -0.2) is 0 Å². The molecule has 2 heterocycles. The fraction of sp³-hybridized carbons (Fsp3) is 0.375. The van der Waals surface area contributed by atoms with Gasteiger partial charge in [0.2, 0.25) is 0 Å². The zero-order valence-corrected chi connectivity index (χ0v) is 8.91. The maximum Gasteiger partial charge on any atom is 0.258 e. The van der Waals surface area contributed by atoms with E-state index in [1.165, 1.54) is 11.8 Å². The lowest BCUT2D eigenvalue weighted by Crippen LogP contribution is -2.40.